The van der Waals surface area contributed by atoms with Gasteiger partial charge in [-0.05, 0) is 0 Å². The summed E-state index contributed by atoms with van der Waals surface area (Å²) in [5.41, 5.74) is 0. The van der Waals surface area contributed by atoms with Gasteiger partial charge in [0, 0.05) is 0 Å². The Bertz CT molecular complexity index is 113. The zero-order valence-electron chi connectivity index (χ0n) is 10.2. The van der Waals surface area contributed by atoms with E-state index in [0.717, 1.165) is 0 Å². The molecule has 0 aromatic carbocycles. The van der Waals surface area contributed by atoms with Crippen LogP contribution in [0.5, 0.6) is 0 Å². The van der Waals surface area contributed by atoms with Crippen molar-refractivity contribution < 1.29 is 26.1 Å². The smallest absolute Gasteiger partial charge is 1.00 e. The molecule has 8 heavy (non-hydrogen) atoms. The van der Waals surface area contributed by atoms with Gasteiger partial charge in [0.15, 0.2) is 0 Å². The topological polar surface area (TPSA) is 74.6 Å². The van der Waals surface area contributed by atoms with Gasteiger partial charge in [-0.15, -0.1) is 0 Å². The molecule has 2 N–H and O–H groups in total. The first-order valence-corrected chi connectivity index (χ1v) is 2.10. The van der Waals surface area contributed by atoms with Crippen LogP contribution in [0.3, 0.4) is 0 Å². The van der Waals surface area contributed by atoms with Gasteiger partial charge in [0.25, 0.3) is 0 Å². The Balaban J connectivity index is -0.00000000222. The second-order valence-electron chi connectivity index (χ2n) is 0.448. The fourth-order valence-corrected chi connectivity index (χ4v) is 0. The van der Waals surface area contributed by atoms with E-state index in [1.165, 1.54) is 0 Å². The second-order valence-corrected chi connectivity index (χ2v) is 1.34. The van der Waals surface area contributed by atoms with E-state index in [9.17, 15) is 0 Å². The van der Waals surface area contributed by atoms with E-state index in [-0.39, 0.29) is 141 Å². The van der Waals surface area contributed by atoms with Crippen molar-refractivity contribution in [2.45, 2.75) is 0 Å². The summed E-state index contributed by atoms with van der Waals surface area (Å²) in [4.78, 5) is 0. The van der Waals surface area contributed by atoms with Gasteiger partial charge in [0.05, 0.1) is 0 Å². The Labute approximate surface area is 164 Å². The summed E-state index contributed by atoms with van der Waals surface area (Å²) >= 11 is 0. The number of rotatable bonds is 0. The van der Waals surface area contributed by atoms with E-state index in [4.69, 9.17) is 17.5 Å². The van der Waals surface area contributed by atoms with Crippen molar-refractivity contribution in [1.29, 1.82) is 0 Å². The van der Waals surface area contributed by atoms with Crippen LogP contribution in [0.2, 0.25) is 0 Å². The zero-order chi connectivity index (χ0) is 4.50. The molecule has 0 saturated carbocycles. The van der Waals surface area contributed by atoms with Crippen LogP contribution < -0.4 is 0 Å². The van der Waals surface area contributed by atoms with E-state index in [1.807, 2.05) is 0 Å². The molecule has 0 aromatic rings. The van der Waals surface area contributed by atoms with Crippen molar-refractivity contribution in [2.75, 3.05) is 0 Å². The molecule has 0 rings (SSSR count). The van der Waals surface area contributed by atoms with E-state index in [2.05, 4.69) is 0 Å². The van der Waals surface area contributed by atoms with Crippen LogP contribution in [0.15, 0.2) is 0 Å². The molecule has 0 aromatic heterocycles. The summed E-state index contributed by atoms with van der Waals surface area (Å²) < 4.78 is 31.6. The van der Waals surface area contributed by atoms with Gasteiger partial charge in [-0.25, -0.2) is 0 Å². The molecular weight excluding hydrogens is 361 g/mol. The largest absolute Gasteiger partial charge is 2.00 e. The van der Waals surface area contributed by atoms with E-state index >= 15 is 0 Å². The SMILES string of the molecule is O=S(=O)(O)O.[Ba+2].[Ca+2].[H-].[H-].[H-].[H-].[H-].[H-].[Sr+2]. The fraction of sp³-hybridized carbons (Fsp3) is 0. The first kappa shape index (κ1) is 22.8. The molecule has 0 spiro atoms. The Morgan fingerprint density at radius 2 is 1.25 bits per heavy atom. The molecule has 0 aliphatic heterocycles. The summed E-state index contributed by atoms with van der Waals surface area (Å²) in [6.07, 6.45) is 0. The Hall–Kier alpha value is 4.18. The average molecular weight is 369 g/mol. The van der Waals surface area contributed by atoms with Gasteiger partial charge in [-0.2, -0.15) is 8.42 Å². The van der Waals surface area contributed by atoms with Crippen LogP contribution in [-0.2, 0) is 10.4 Å². The van der Waals surface area contributed by atoms with Crippen molar-refractivity contribution in [1.82, 2.24) is 0 Å². The molecule has 0 radical (unpaired) electrons. The Morgan fingerprint density at radius 3 is 1.25 bits per heavy atom. The Morgan fingerprint density at radius 1 is 1.25 bits per heavy atom. The summed E-state index contributed by atoms with van der Waals surface area (Å²) in [6, 6.07) is 0. The minimum atomic E-state index is -4.67. The molecule has 0 atom stereocenters. The van der Waals surface area contributed by atoms with Crippen molar-refractivity contribution in [3.63, 3.8) is 0 Å². The third kappa shape index (κ3) is 49.1. The maximum atomic E-state index is 8.74. The first-order valence-electron chi connectivity index (χ1n) is 0.698. The normalized spacial score (nSPS) is 7.25. The van der Waals surface area contributed by atoms with E-state index < -0.39 is 10.4 Å². The van der Waals surface area contributed by atoms with Crippen LogP contribution in [0.1, 0.15) is 8.56 Å². The monoisotopic (exact) mass is 370 g/mol. The molecule has 0 amide bonds. The van der Waals surface area contributed by atoms with Gasteiger partial charge < -0.3 is 8.56 Å². The predicted octanol–water partition coefficient (Wildman–Crippen LogP) is -1.12. The average Bonchev–Trinajstić information content (AvgIpc) is 0.722. The Kier molecular flexibility index (Phi) is 31.8. The molecule has 0 fully saturated rings. The molecular formula is H8BaCaO4SSr. The standard InChI is InChI=1S/Ba.Ca.H2O4S.Sr.6H/c;;1-5(2,3)4;;;;;;;/h;;(H2,1,2,3,4);;;;;;;/q2*+2;;+2;6*-1. The van der Waals surface area contributed by atoms with Crippen molar-refractivity contribution >= 4 is 142 Å². The van der Waals surface area contributed by atoms with Gasteiger partial charge >= 0.3 is 142 Å². The molecule has 0 aliphatic carbocycles. The van der Waals surface area contributed by atoms with Crippen molar-refractivity contribution in [3.8, 4) is 0 Å². The number of hydrogen-bond donors (Lipinski definition) is 2. The van der Waals surface area contributed by atoms with Gasteiger partial charge in [-0.1, -0.05) is 0 Å². The molecule has 0 aliphatic rings. The molecule has 0 saturated heterocycles. The molecule has 0 bridgehead atoms. The maximum absolute atomic E-state index is 8.74. The third-order valence-corrected chi connectivity index (χ3v) is 0. The van der Waals surface area contributed by atoms with Crippen LogP contribution in [0.25, 0.3) is 0 Å². The molecule has 0 heterocycles. The third-order valence-electron chi connectivity index (χ3n) is 0. The van der Waals surface area contributed by atoms with Crippen LogP contribution >= 0.6 is 0 Å². The van der Waals surface area contributed by atoms with E-state index in [0.29, 0.717) is 0 Å². The first-order chi connectivity index (χ1) is 2.00. The summed E-state index contributed by atoms with van der Waals surface area (Å²) in [5, 5.41) is 0. The number of hydrogen-bond acceptors (Lipinski definition) is 2. The summed E-state index contributed by atoms with van der Waals surface area (Å²) in [6.45, 7) is 0. The van der Waals surface area contributed by atoms with E-state index in [1.54, 1.807) is 0 Å². The fourth-order valence-electron chi connectivity index (χ4n) is 0. The van der Waals surface area contributed by atoms with Crippen LogP contribution in [0.4, 0.5) is 0 Å². The van der Waals surface area contributed by atoms with Gasteiger partial charge in [-0.3, -0.25) is 9.11 Å². The second kappa shape index (κ2) is 11.2. The molecule has 0 unspecified atom stereocenters. The van der Waals surface area contributed by atoms with Gasteiger partial charge in [0.2, 0.25) is 0 Å². The zero-order valence-corrected chi connectivity index (χ0v) is 15.2. The molecule has 8 heteroatoms. The minimum absolute atomic E-state index is 0. The predicted molar refractivity (Wildman–Crippen MR) is 38.1 cm³/mol. The van der Waals surface area contributed by atoms with Crippen LogP contribution in [0, 0.1) is 0 Å². The van der Waals surface area contributed by atoms with Crippen molar-refractivity contribution in [3.05, 3.63) is 0 Å². The molecule has 4 nitrogen and oxygen atoms in total. The quantitative estimate of drug-likeness (QED) is 0.419. The summed E-state index contributed by atoms with van der Waals surface area (Å²) in [7, 11) is -4.67. The van der Waals surface area contributed by atoms with Gasteiger partial charge in [0.1, 0.15) is 0 Å². The molecule has 44 valence electrons. The summed E-state index contributed by atoms with van der Waals surface area (Å²) in [5.74, 6) is 0. The minimum Gasteiger partial charge on any atom is -1.00 e. The van der Waals surface area contributed by atoms with Crippen molar-refractivity contribution in [2.24, 2.45) is 0 Å². The maximum Gasteiger partial charge on any atom is 2.00 e. The van der Waals surface area contributed by atoms with Crippen LogP contribution in [-0.4, -0.2) is 150 Å².